The van der Waals surface area contributed by atoms with Gasteiger partial charge in [0, 0.05) is 29.9 Å². The number of amides is 1. The third kappa shape index (κ3) is 2.67. The maximum absolute atomic E-state index is 12.8. The average molecular weight is 317 g/mol. The number of benzene rings is 2. The summed E-state index contributed by atoms with van der Waals surface area (Å²) in [6.07, 6.45) is -0.300. The molecule has 0 bridgehead atoms. The summed E-state index contributed by atoms with van der Waals surface area (Å²) in [6, 6.07) is 15.1. The van der Waals surface area contributed by atoms with E-state index in [0.717, 1.165) is 11.3 Å². The largest absolute Gasteiger partial charge is 0.383 e. The molecule has 2 aromatic rings. The number of fused-ring (bicyclic) bond motifs is 1. The van der Waals surface area contributed by atoms with Crippen molar-refractivity contribution in [1.29, 1.82) is 0 Å². The fraction of sp³-hybridized carbons (Fsp3) is 0.235. The third-order valence-electron chi connectivity index (χ3n) is 3.76. The zero-order chi connectivity index (χ0) is 15.5. The molecule has 1 N–H and O–H groups in total. The summed E-state index contributed by atoms with van der Waals surface area (Å²) in [4.78, 5) is 14.6. The van der Waals surface area contributed by atoms with Crippen LogP contribution in [0.3, 0.4) is 0 Å². The maximum atomic E-state index is 12.8. The highest BCUT2D eigenvalue weighted by Crippen LogP contribution is 2.35. The summed E-state index contributed by atoms with van der Waals surface area (Å²) in [5.74, 6) is -0.0173. The number of ether oxygens (including phenoxy) is 1. The Balaban J connectivity index is 2.03. The second-order valence-corrected chi connectivity index (χ2v) is 5.51. The zero-order valence-electron chi connectivity index (χ0n) is 12.3. The second kappa shape index (κ2) is 6.38. The quantitative estimate of drug-likeness (QED) is 0.938. The molecule has 1 unspecified atom stereocenters. The Morgan fingerprint density at radius 3 is 2.68 bits per heavy atom. The van der Waals surface area contributed by atoms with Crippen LogP contribution in [0.1, 0.15) is 22.1 Å². The monoisotopic (exact) mass is 316 g/mol. The van der Waals surface area contributed by atoms with Crippen LogP contribution < -0.4 is 5.32 Å². The first-order chi connectivity index (χ1) is 10.7. The van der Waals surface area contributed by atoms with Gasteiger partial charge in [-0.25, -0.2) is 0 Å². The van der Waals surface area contributed by atoms with E-state index in [1.165, 1.54) is 0 Å². The van der Waals surface area contributed by atoms with Crippen molar-refractivity contribution in [2.24, 2.45) is 0 Å². The standard InChI is InChI=1S/C17H17ClN2O2/c1-22-11-10-20-16(12-6-2-4-8-14(12)18)19-15-9-5-3-7-13(15)17(20)21/h2-9,16,19H,10-11H2,1H3. The van der Waals surface area contributed by atoms with Crippen LogP contribution in [0.25, 0.3) is 0 Å². The van der Waals surface area contributed by atoms with Gasteiger partial charge < -0.3 is 15.0 Å². The maximum Gasteiger partial charge on any atom is 0.257 e. The number of halogens is 1. The van der Waals surface area contributed by atoms with Crippen LogP contribution in [0.4, 0.5) is 5.69 Å². The van der Waals surface area contributed by atoms with Crippen LogP contribution in [0, 0.1) is 0 Å². The van der Waals surface area contributed by atoms with Gasteiger partial charge >= 0.3 is 0 Å². The van der Waals surface area contributed by atoms with Crippen LogP contribution in [-0.4, -0.2) is 31.1 Å². The topological polar surface area (TPSA) is 41.6 Å². The van der Waals surface area contributed by atoms with Crippen LogP contribution in [0.15, 0.2) is 48.5 Å². The summed E-state index contributed by atoms with van der Waals surface area (Å²) in [5.41, 5.74) is 2.37. The molecule has 1 amide bonds. The number of anilines is 1. The Morgan fingerprint density at radius 1 is 1.18 bits per heavy atom. The molecule has 1 aliphatic rings. The molecule has 0 saturated carbocycles. The van der Waals surface area contributed by atoms with Crippen molar-refractivity contribution in [2.75, 3.05) is 25.6 Å². The minimum absolute atomic E-state index is 0.0173. The molecule has 114 valence electrons. The van der Waals surface area contributed by atoms with Gasteiger partial charge in [-0.3, -0.25) is 4.79 Å². The van der Waals surface area contributed by atoms with E-state index in [2.05, 4.69) is 5.32 Å². The Bertz CT molecular complexity index is 690. The number of hydrogen-bond acceptors (Lipinski definition) is 3. The molecule has 1 aliphatic heterocycles. The summed E-state index contributed by atoms with van der Waals surface area (Å²) < 4.78 is 5.14. The highest BCUT2D eigenvalue weighted by Gasteiger charge is 2.33. The lowest BCUT2D eigenvalue weighted by Gasteiger charge is -2.38. The fourth-order valence-corrected chi connectivity index (χ4v) is 2.89. The summed E-state index contributed by atoms with van der Waals surface area (Å²) in [5, 5.41) is 4.04. The first-order valence-electron chi connectivity index (χ1n) is 7.12. The molecule has 3 rings (SSSR count). The molecule has 1 atom stereocenters. The van der Waals surface area contributed by atoms with E-state index in [9.17, 15) is 4.79 Å². The second-order valence-electron chi connectivity index (χ2n) is 5.11. The van der Waals surface area contributed by atoms with Crippen molar-refractivity contribution >= 4 is 23.2 Å². The summed E-state index contributed by atoms with van der Waals surface area (Å²) >= 11 is 6.32. The first-order valence-corrected chi connectivity index (χ1v) is 7.50. The predicted molar refractivity (Wildman–Crippen MR) is 87.2 cm³/mol. The lowest BCUT2D eigenvalue weighted by atomic mass is 10.0. The Hall–Kier alpha value is -2.04. The van der Waals surface area contributed by atoms with E-state index in [0.29, 0.717) is 23.7 Å². The van der Waals surface area contributed by atoms with Crippen LogP contribution >= 0.6 is 11.6 Å². The number of rotatable bonds is 4. The third-order valence-corrected chi connectivity index (χ3v) is 4.10. The van der Waals surface area contributed by atoms with Gasteiger partial charge in [-0.2, -0.15) is 0 Å². The van der Waals surface area contributed by atoms with Gasteiger partial charge in [0.1, 0.15) is 6.17 Å². The van der Waals surface area contributed by atoms with Gasteiger partial charge in [0.15, 0.2) is 0 Å². The Labute approximate surface area is 134 Å². The lowest BCUT2D eigenvalue weighted by Crippen LogP contribution is -2.44. The van der Waals surface area contributed by atoms with E-state index < -0.39 is 0 Å². The van der Waals surface area contributed by atoms with Crippen molar-refractivity contribution in [3.05, 3.63) is 64.7 Å². The molecule has 5 heteroatoms. The van der Waals surface area contributed by atoms with E-state index in [4.69, 9.17) is 16.3 Å². The molecule has 2 aromatic carbocycles. The Kier molecular flexibility index (Phi) is 4.32. The molecular formula is C17H17ClN2O2. The van der Waals surface area contributed by atoms with Gasteiger partial charge in [0.2, 0.25) is 0 Å². The number of hydrogen-bond donors (Lipinski definition) is 1. The summed E-state index contributed by atoms with van der Waals surface area (Å²) in [6.45, 7) is 0.961. The number of nitrogens with one attached hydrogen (secondary N) is 1. The molecule has 22 heavy (non-hydrogen) atoms. The molecule has 0 aromatic heterocycles. The molecule has 0 radical (unpaired) electrons. The number of nitrogens with zero attached hydrogens (tertiary/aromatic N) is 1. The van der Waals surface area contributed by atoms with Gasteiger partial charge in [-0.05, 0) is 18.2 Å². The highest BCUT2D eigenvalue weighted by atomic mass is 35.5. The van der Waals surface area contributed by atoms with Crippen molar-refractivity contribution in [3.63, 3.8) is 0 Å². The van der Waals surface area contributed by atoms with Gasteiger partial charge in [-0.15, -0.1) is 0 Å². The average Bonchev–Trinajstić information content (AvgIpc) is 2.54. The van der Waals surface area contributed by atoms with E-state index in [1.54, 1.807) is 12.0 Å². The van der Waals surface area contributed by atoms with Crippen molar-refractivity contribution in [3.8, 4) is 0 Å². The van der Waals surface area contributed by atoms with Gasteiger partial charge in [0.05, 0.1) is 12.2 Å². The predicted octanol–water partition coefficient (Wildman–Crippen LogP) is 3.55. The van der Waals surface area contributed by atoms with Crippen molar-refractivity contribution in [1.82, 2.24) is 4.90 Å². The Morgan fingerprint density at radius 2 is 1.91 bits per heavy atom. The molecule has 0 spiro atoms. The molecule has 0 aliphatic carbocycles. The highest BCUT2D eigenvalue weighted by molar-refractivity contribution is 6.31. The molecule has 0 saturated heterocycles. The minimum Gasteiger partial charge on any atom is -0.383 e. The first kappa shape index (κ1) is 14.9. The minimum atomic E-state index is -0.300. The smallest absolute Gasteiger partial charge is 0.257 e. The number of carbonyl (C=O) groups excluding carboxylic acids is 1. The zero-order valence-corrected chi connectivity index (χ0v) is 13.0. The van der Waals surface area contributed by atoms with E-state index in [-0.39, 0.29) is 12.1 Å². The van der Waals surface area contributed by atoms with E-state index >= 15 is 0 Å². The van der Waals surface area contributed by atoms with Crippen LogP contribution in [0.5, 0.6) is 0 Å². The summed E-state index contributed by atoms with van der Waals surface area (Å²) in [7, 11) is 1.63. The van der Waals surface area contributed by atoms with Crippen molar-refractivity contribution in [2.45, 2.75) is 6.17 Å². The number of methoxy groups -OCH3 is 1. The molecule has 0 fully saturated rings. The van der Waals surface area contributed by atoms with Crippen molar-refractivity contribution < 1.29 is 9.53 Å². The lowest BCUT2D eigenvalue weighted by molar-refractivity contribution is 0.0609. The SMILES string of the molecule is COCCN1C(=O)c2ccccc2NC1c1ccccc1Cl. The van der Waals surface area contributed by atoms with E-state index in [1.807, 2.05) is 48.5 Å². The van der Waals surface area contributed by atoms with Gasteiger partial charge in [0.25, 0.3) is 5.91 Å². The molecular weight excluding hydrogens is 300 g/mol. The van der Waals surface area contributed by atoms with Crippen LogP contribution in [-0.2, 0) is 4.74 Å². The molecule has 4 nitrogen and oxygen atoms in total. The van der Waals surface area contributed by atoms with Gasteiger partial charge in [-0.1, -0.05) is 41.9 Å². The number of carbonyl (C=O) groups is 1. The van der Waals surface area contributed by atoms with Crippen LogP contribution in [0.2, 0.25) is 5.02 Å². The molecule has 1 heterocycles. The fourth-order valence-electron chi connectivity index (χ4n) is 2.66. The normalized spacial score (nSPS) is 17.1. The number of para-hydroxylation sites is 1.